The number of hydrogen-bond donors (Lipinski definition) is 1. The molecule has 0 saturated carbocycles. The smallest absolute Gasteiger partial charge is 0.176 e. The molecule has 0 atom stereocenters. The van der Waals surface area contributed by atoms with Gasteiger partial charge in [-0.05, 0) is 32.2 Å². The molecule has 0 fully saturated rings. The van der Waals surface area contributed by atoms with Crippen LogP contribution in [0.4, 0.5) is 0 Å². The molecule has 0 amide bonds. The zero-order chi connectivity index (χ0) is 12.5. The van der Waals surface area contributed by atoms with Crippen LogP contribution in [0.15, 0.2) is 33.8 Å². The van der Waals surface area contributed by atoms with Gasteiger partial charge in [0.2, 0.25) is 0 Å². The lowest BCUT2D eigenvalue weighted by Gasteiger charge is -2.05. The maximum absolute atomic E-state index is 9.64. The monoisotopic (exact) mass is 246 g/mol. The van der Waals surface area contributed by atoms with Crippen molar-refractivity contribution in [2.24, 2.45) is 0 Å². The molecule has 0 spiro atoms. The Balaban J connectivity index is 2.61. The van der Waals surface area contributed by atoms with Crippen molar-refractivity contribution in [3.8, 4) is 11.8 Å². The average molecular weight is 246 g/mol. The van der Waals surface area contributed by atoms with Gasteiger partial charge in [-0.15, -0.1) is 0 Å². The molecule has 88 valence electrons. The van der Waals surface area contributed by atoms with Crippen molar-refractivity contribution in [3.05, 3.63) is 29.8 Å². The van der Waals surface area contributed by atoms with E-state index in [4.69, 9.17) is 4.42 Å². The van der Waals surface area contributed by atoms with Crippen LogP contribution in [-0.2, 0) is 0 Å². The highest BCUT2D eigenvalue weighted by Crippen LogP contribution is 2.31. The minimum atomic E-state index is -0.992. The lowest BCUT2D eigenvalue weighted by atomic mass is 10.1. The number of para-hydroxylation sites is 1. The van der Waals surface area contributed by atoms with Crippen molar-refractivity contribution >= 4 is 22.7 Å². The van der Waals surface area contributed by atoms with E-state index < -0.39 is 5.60 Å². The van der Waals surface area contributed by atoms with Crippen LogP contribution in [0.5, 0.6) is 0 Å². The van der Waals surface area contributed by atoms with E-state index in [1.165, 1.54) is 11.8 Å². The van der Waals surface area contributed by atoms with Gasteiger partial charge in [-0.1, -0.05) is 35.7 Å². The molecule has 1 aromatic carbocycles. The standard InChI is InChI=1S/C14H14O2S/c1-14(2,15)9-8-11-10-6-4-5-7-12(10)16-13(11)17-3/h4-7,15H,1-3H3. The summed E-state index contributed by atoms with van der Waals surface area (Å²) in [6.07, 6.45) is 1.95. The van der Waals surface area contributed by atoms with Gasteiger partial charge in [-0.25, -0.2) is 0 Å². The summed E-state index contributed by atoms with van der Waals surface area (Å²) >= 11 is 1.52. The van der Waals surface area contributed by atoms with E-state index in [-0.39, 0.29) is 0 Å². The molecular formula is C14H14O2S. The van der Waals surface area contributed by atoms with Crippen LogP contribution in [0, 0.1) is 11.8 Å². The summed E-state index contributed by atoms with van der Waals surface area (Å²) in [5.41, 5.74) is 0.695. The summed E-state index contributed by atoms with van der Waals surface area (Å²) < 4.78 is 5.69. The van der Waals surface area contributed by atoms with E-state index in [9.17, 15) is 5.11 Å². The molecule has 17 heavy (non-hydrogen) atoms. The summed E-state index contributed by atoms with van der Waals surface area (Å²) in [6, 6.07) is 7.79. The Labute approximate surface area is 105 Å². The highest BCUT2D eigenvalue weighted by Gasteiger charge is 2.12. The fraction of sp³-hybridized carbons (Fsp3) is 0.286. The Bertz CT molecular complexity index is 594. The number of furan rings is 1. The Hall–Kier alpha value is -1.37. The SMILES string of the molecule is CSc1oc2ccccc2c1C#CC(C)(C)O. The Morgan fingerprint density at radius 3 is 2.65 bits per heavy atom. The number of aliphatic hydroxyl groups is 1. The minimum Gasteiger partial charge on any atom is -0.449 e. The maximum atomic E-state index is 9.64. The molecule has 2 aromatic rings. The lowest BCUT2D eigenvalue weighted by Crippen LogP contribution is -2.14. The second kappa shape index (κ2) is 4.48. The molecule has 2 rings (SSSR count). The second-order valence-electron chi connectivity index (χ2n) is 4.27. The van der Waals surface area contributed by atoms with Gasteiger partial charge >= 0.3 is 0 Å². The first-order valence-corrected chi connectivity index (χ1v) is 6.55. The Kier molecular flexibility index (Phi) is 3.19. The van der Waals surface area contributed by atoms with Gasteiger partial charge in [0.1, 0.15) is 11.2 Å². The number of hydrogen-bond acceptors (Lipinski definition) is 3. The molecule has 0 radical (unpaired) electrons. The molecule has 0 bridgehead atoms. The van der Waals surface area contributed by atoms with E-state index in [0.717, 1.165) is 21.6 Å². The number of fused-ring (bicyclic) bond motifs is 1. The van der Waals surface area contributed by atoms with Crippen LogP contribution >= 0.6 is 11.8 Å². The van der Waals surface area contributed by atoms with E-state index in [0.29, 0.717) is 0 Å². The Morgan fingerprint density at radius 2 is 2.00 bits per heavy atom. The van der Waals surface area contributed by atoms with Gasteiger partial charge < -0.3 is 9.52 Å². The third-order valence-electron chi connectivity index (χ3n) is 2.24. The molecule has 2 nitrogen and oxygen atoms in total. The van der Waals surface area contributed by atoms with Crippen molar-refractivity contribution in [1.82, 2.24) is 0 Å². The fourth-order valence-corrected chi connectivity index (χ4v) is 2.04. The van der Waals surface area contributed by atoms with Gasteiger partial charge in [0.05, 0.1) is 5.56 Å². The molecule has 1 heterocycles. The van der Waals surface area contributed by atoms with Crippen molar-refractivity contribution < 1.29 is 9.52 Å². The van der Waals surface area contributed by atoms with E-state index in [1.807, 2.05) is 30.5 Å². The summed E-state index contributed by atoms with van der Waals surface area (Å²) in [5, 5.41) is 11.4. The predicted octanol–water partition coefficient (Wildman–Crippen LogP) is 3.28. The molecule has 0 aliphatic carbocycles. The van der Waals surface area contributed by atoms with Crippen LogP contribution in [0.2, 0.25) is 0 Å². The van der Waals surface area contributed by atoms with Crippen molar-refractivity contribution in [2.75, 3.05) is 6.26 Å². The topological polar surface area (TPSA) is 33.4 Å². The van der Waals surface area contributed by atoms with Gasteiger partial charge in [0.25, 0.3) is 0 Å². The number of thioether (sulfide) groups is 1. The zero-order valence-electron chi connectivity index (χ0n) is 10.1. The molecule has 0 saturated heterocycles. The van der Waals surface area contributed by atoms with Crippen molar-refractivity contribution in [2.45, 2.75) is 24.5 Å². The van der Waals surface area contributed by atoms with E-state index >= 15 is 0 Å². The van der Waals surface area contributed by atoms with Crippen LogP contribution in [0.1, 0.15) is 19.4 Å². The van der Waals surface area contributed by atoms with E-state index in [1.54, 1.807) is 13.8 Å². The predicted molar refractivity (Wildman–Crippen MR) is 71.2 cm³/mol. The largest absolute Gasteiger partial charge is 0.449 e. The van der Waals surface area contributed by atoms with E-state index in [2.05, 4.69) is 11.8 Å². The normalized spacial score (nSPS) is 11.3. The maximum Gasteiger partial charge on any atom is 0.176 e. The van der Waals surface area contributed by atoms with Gasteiger partial charge in [0, 0.05) is 5.39 Å². The number of rotatable bonds is 1. The van der Waals surface area contributed by atoms with Crippen LogP contribution in [-0.4, -0.2) is 17.0 Å². The summed E-state index contributed by atoms with van der Waals surface area (Å²) in [5.74, 6) is 5.84. The Morgan fingerprint density at radius 1 is 1.29 bits per heavy atom. The zero-order valence-corrected chi connectivity index (χ0v) is 10.9. The average Bonchev–Trinajstić information content (AvgIpc) is 2.63. The fourth-order valence-electron chi connectivity index (χ4n) is 1.50. The highest BCUT2D eigenvalue weighted by molar-refractivity contribution is 7.98. The molecule has 0 aliphatic heterocycles. The quantitative estimate of drug-likeness (QED) is 0.619. The van der Waals surface area contributed by atoms with Crippen LogP contribution in [0.3, 0.4) is 0 Å². The first-order valence-electron chi connectivity index (χ1n) is 5.32. The van der Waals surface area contributed by atoms with Gasteiger partial charge in [-0.2, -0.15) is 0 Å². The summed E-state index contributed by atoms with van der Waals surface area (Å²) in [6.45, 7) is 3.34. The first kappa shape index (κ1) is 12.1. The van der Waals surface area contributed by atoms with Gasteiger partial charge in [0.15, 0.2) is 5.09 Å². The molecule has 0 unspecified atom stereocenters. The minimum absolute atomic E-state index is 0.794. The number of benzene rings is 1. The van der Waals surface area contributed by atoms with Crippen molar-refractivity contribution in [1.29, 1.82) is 0 Å². The summed E-state index contributed by atoms with van der Waals surface area (Å²) in [4.78, 5) is 0. The molecular weight excluding hydrogens is 232 g/mol. The van der Waals surface area contributed by atoms with Gasteiger partial charge in [-0.3, -0.25) is 0 Å². The molecule has 0 aliphatic rings. The van der Waals surface area contributed by atoms with Crippen molar-refractivity contribution in [3.63, 3.8) is 0 Å². The molecule has 3 heteroatoms. The highest BCUT2D eigenvalue weighted by atomic mass is 32.2. The first-order chi connectivity index (χ1) is 8.01. The van der Waals surface area contributed by atoms with Crippen LogP contribution in [0.25, 0.3) is 11.0 Å². The summed E-state index contributed by atoms with van der Waals surface area (Å²) in [7, 11) is 0. The molecule has 1 aromatic heterocycles. The third-order valence-corrected chi connectivity index (χ3v) is 2.90. The third kappa shape index (κ3) is 2.66. The second-order valence-corrected chi connectivity index (χ2v) is 5.05. The lowest BCUT2D eigenvalue weighted by molar-refractivity contribution is 0.143. The van der Waals surface area contributed by atoms with Crippen LogP contribution < -0.4 is 0 Å². The molecule has 1 N–H and O–H groups in total.